The zero-order valence-corrected chi connectivity index (χ0v) is 14.7. The molecular formula is C16H20N6O2S. The van der Waals surface area contributed by atoms with E-state index >= 15 is 0 Å². The summed E-state index contributed by atoms with van der Waals surface area (Å²) in [6.45, 7) is 6.67. The molecule has 0 spiro atoms. The van der Waals surface area contributed by atoms with Crippen molar-refractivity contribution in [2.24, 2.45) is 5.73 Å². The molecule has 0 saturated carbocycles. The van der Waals surface area contributed by atoms with Crippen molar-refractivity contribution < 1.29 is 9.53 Å². The number of carbonyl (C=O) groups is 1. The minimum absolute atomic E-state index is 0.310. The Bertz CT molecular complexity index is 741. The van der Waals surface area contributed by atoms with Gasteiger partial charge in [-0.2, -0.15) is 0 Å². The van der Waals surface area contributed by atoms with E-state index in [9.17, 15) is 4.79 Å². The standard InChI is InChI=1S/C16H20N6O2S/c1-3-12(24-4-2)15-21-22-16(25-15)20-14(23)11-6-7-13(19-10-11)18-9-5-8-17/h3-4,6-7,10H,2,5,8-9,17H2,1H3,(H,18,19)(H,20,22,23)/b12-3-. The lowest BCUT2D eigenvalue weighted by molar-refractivity contribution is 0.102. The molecular weight excluding hydrogens is 340 g/mol. The van der Waals surface area contributed by atoms with Crippen LogP contribution in [0, 0.1) is 0 Å². The van der Waals surface area contributed by atoms with Crippen LogP contribution in [0.25, 0.3) is 5.76 Å². The third-order valence-electron chi connectivity index (χ3n) is 3.04. The molecule has 25 heavy (non-hydrogen) atoms. The van der Waals surface area contributed by atoms with Crippen LogP contribution in [0.3, 0.4) is 0 Å². The number of nitrogens with zero attached hydrogens (tertiary/aromatic N) is 3. The van der Waals surface area contributed by atoms with Crippen molar-refractivity contribution in [1.82, 2.24) is 15.2 Å². The number of amides is 1. The fraction of sp³-hybridized carbons (Fsp3) is 0.250. The topological polar surface area (TPSA) is 115 Å². The molecule has 9 heteroatoms. The summed E-state index contributed by atoms with van der Waals surface area (Å²) in [5, 5.41) is 14.7. The van der Waals surface area contributed by atoms with Gasteiger partial charge in [0, 0.05) is 12.7 Å². The second-order valence-electron chi connectivity index (χ2n) is 4.81. The summed E-state index contributed by atoms with van der Waals surface area (Å²) in [5.74, 6) is 0.917. The summed E-state index contributed by atoms with van der Waals surface area (Å²) >= 11 is 1.21. The van der Waals surface area contributed by atoms with Gasteiger partial charge in [0.1, 0.15) is 5.82 Å². The number of carbonyl (C=O) groups excluding carboxylic acids is 1. The highest BCUT2D eigenvalue weighted by Gasteiger charge is 2.13. The van der Waals surface area contributed by atoms with Crippen LogP contribution in [0.5, 0.6) is 0 Å². The monoisotopic (exact) mass is 360 g/mol. The van der Waals surface area contributed by atoms with E-state index in [1.54, 1.807) is 18.2 Å². The maximum absolute atomic E-state index is 12.2. The number of nitrogens with one attached hydrogen (secondary N) is 2. The molecule has 2 aromatic rings. The first kappa shape index (κ1) is 18.6. The van der Waals surface area contributed by atoms with Crippen LogP contribution in [-0.2, 0) is 4.74 Å². The van der Waals surface area contributed by atoms with Gasteiger partial charge in [0.15, 0.2) is 10.8 Å². The first-order valence-corrected chi connectivity index (χ1v) is 8.48. The molecule has 0 aliphatic carbocycles. The van der Waals surface area contributed by atoms with Gasteiger partial charge in [-0.15, -0.1) is 10.2 Å². The third-order valence-corrected chi connectivity index (χ3v) is 3.89. The highest BCUT2D eigenvalue weighted by Crippen LogP contribution is 2.24. The van der Waals surface area contributed by atoms with Crippen LogP contribution in [-0.4, -0.2) is 34.2 Å². The Morgan fingerprint density at radius 3 is 2.92 bits per heavy atom. The Morgan fingerprint density at radius 1 is 1.44 bits per heavy atom. The van der Waals surface area contributed by atoms with E-state index in [1.807, 2.05) is 6.92 Å². The van der Waals surface area contributed by atoms with Crippen LogP contribution in [0.4, 0.5) is 10.9 Å². The first-order valence-electron chi connectivity index (χ1n) is 7.67. The Hall–Kier alpha value is -2.78. The van der Waals surface area contributed by atoms with Crippen molar-refractivity contribution in [1.29, 1.82) is 0 Å². The summed E-state index contributed by atoms with van der Waals surface area (Å²) < 4.78 is 5.23. The van der Waals surface area contributed by atoms with Crippen molar-refractivity contribution in [3.05, 3.63) is 47.8 Å². The lowest BCUT2D eigenvalue weighted by atomic mass is 10.2. The fourth-order valence-corrected chi connectivity index (χ4v) is 2.58. The summed E-state index contributed by atoms with van der Waals surface area (Å²) in [6, 6.07) is 3.43. The van der Waals surface area contributed by atoms with Gasteiger partial charge in [0.05, 0.1) is 11.8 Å². The Kier molecular flexibility index (Phi) is 7.05. The first-order chi connectivity index (χ1) is 12.2. The van der Waals surface area contributed by atoms with Gasteiger partial charge in [0.25, 0.3) is 5.91 Å². The Morgan fingerprint density at radius 2 is 2.28 bits per heavy atom. The molecule has 2 heterocycles. The molecule has 0 atom stereocenters. The predicted molar refractivity (Wildman–Crippen MR) is 99.2 cm³/mol. The number of pyridine rings is 1. The molecule has 2 rings (SSSR count). The second-order valence-corrected chi connectivity index (χ2v) is 5.78. The van der Waals surface area contributed by atoms with E-state index in [1.165, 1.54) is 23.8 Å². The molecule has 0 fully saturated rings. The average Bonchev–Trinajstić information content (AvgIpc) is 3.08. The number of rotatable bonds is 9. The van der Waals surface area contributed by atoms with E-state index in [-0.39, 0.29) is 5.91 Å². The van der Waals surface area contributed by atoms with Gasteiger partial charge < -0.3 is 15.8 Å². The smallest absolute Gasteiger partial charge is 0.259 e. The van der Waals surface area contributed by atoms with Gasteiger partial charge in [0.2, 0.25) is 5.13 Å². The van der Waals surface area contributed by atoms with Crippen LogP contribution >= 0.6 is 11.3 Å². The van der Waals surface area contributed by atoms with Gasteiger partial charge in [-0.05, 0) is 38.1 Å². The molecule has 8 nitrogen and oxygen atoms in total. The van der Waals surface area contributed by atoms with Gasteiger partial charge in [-0.3, -0.25) is 10.1 Å². The molecule has 0 saturated heterocycles. The molecule has 132 valence electrons. The Balaban J connectivity index is 1.97. The lowest BCUT2D eigenvalue weighted by Crippen LogP contribution is -2.13. The van der Waals surface area contributed by atoms with E-state index in [0.29, 0.717) is 33.8 Å². The van der Waals surface area contributed by atoms with Gasteiger partial charge in [-0.25, -0.2) is 4.98 Å². The highest BCUT2D eigenvalue weighted by atomic mass is 32.1. The summed E-state index contributed by atoms with van der Waals surface area (Å²) in [6.07, 6.45) is 5.41. The SMILES string of the molecule is C=CO/C(=C\C)c1nnc(NC(=O)c2ccc(NCCCN)nc2)s1. The van der Waals surface area contributed by atoms with E-state index in [0.717, 1.165) is 13.0 Å². The quantitative estimate of drug-likeness (QED) is 0.465. The number of hydrogen-bond acceptors (Lipinski definition) is 8. The molecule has 2 aromatic heterocycles. The summed E-state index contributed by atoms with van der Waals surface area (Å²) in [7, 11) is 0. The summed E-state index contributed by atoms with van der Waals surface area (Å²) in [5.41, 5.74) is 5.86. The van der Waals surface area contributed by atoms with Crippen molar-refractivity contribution in [3.8, 4) is 0 Å². The predicted octanol–water partition coefficient (Wildman–Crippen LogP) is 2.47. The third kappa shape index (κ3) is 5.37. The number of hydrogen-bond donors (Lipinski definition) is 3. The molecule has 0 bridgehead atoms. The maximum atomic E-state index is 12.2. The number of allylic oxidation sites excluding steroid dienone is 1. The lowest BCUT2D eigenvalue weighted by Gasteiger charge is -2.05. The fourth-order valence-electron chi connectivity index (χ4n) is 1.83. The van der Waals surface area contributed by atoms with Crippen LogP contribution in [0.2, 0.25) is 0 Å². The molecule has 0 unspecified atom stereocenters. The number of anilines is 2. The number of ether oxygens (including phenoxy) is 1. The highest BCUT2D eigenvalue weighted by molar-refractivity contribution is 7.16. The zero-order valence-electron chi connectivity index (χ0n) is 13.9. The largest absolute Gasteiger partial charge is 0.463 e. The van der Waals surface area contributed by atoms with Crippen LogP contribution in [0.15, 0.2) is 37.2 Å². The van der Waals surface area contributed by atoms with Crippen molar-refractivity contribution in [2.75, 3.05) is 23.7 Å². The average molecular weight is 360 g/mol. The van der Waals surface area contributed by atoms with Gasteiger partial charge >= 0.3 is 0 Å². The normalized spacial score (nSPS) is 11.0. The minimum Gasteiger partial charge on any atom is -0.463 e. The second kappa shape index (κ2) is 9.50. The van der Waals surface area contributed by atoms with E-state index in [2.05, 4.69) is 32.4 Å². The molecule has 4 N–H and O–H groups in total. The summed E-state index contributed by atoms with van der Waals surface area (Å²) in [4.78, 5) is 16.4. The van der Waals surface area contributed by atoms with Crippen LogP contribution < -0.4 is 16.4 Å². The number of nitrogens with two attached hydrogens (primary N) is 1. The number of aromatic nitrogens is 3. The minimum atomic E-state index is -0.310. The molecule has 1 amide bonds. The van der Waals surface area contributed by atoms with E-state index in [4.69, 9.17) is 10.5 Å². The van der Waals surface area contributed by atoms with Crippen LogP contribution in [0.1, 0.15) is 28.7 Å². The molecule has 0 aromatic carbocycles. The van der Waals surface area contributed by atoms with Gasteiger partial charge in [-0.1, -0.05) is 17.9 Å². The van der Waals surface area contributed by atoms with Crippen molar-refractivity contribution >= 4 is 34.0 Å². The van der Waals surface area contributed by atoms with E-state index < -0.39 is 0 Å². The van der Waals surface area contributed by atoms with Crippen molar-refractivity contribution in [2.45, 2.75) is 13.3 Å². The molecule has 0 aliphatic heterocycles. The molecule has 0 radical (unpaired) electrons. The Labute approximate surface area is 149 Å². The molecule has 0 aliphatic rings. The zero-order chi connectivity index (χ0) is 18.1. The van der Waals surface area contributed by atoms with Crippen molar-refractivity contribution in [3.63, 3.8) is 0 Å². The maximum Gasteiger partial charge on any atom is 0.259 e.